The monoisotopic (exact) mass is 1130 g/mol. The summed E-state index contributed by atoms with van der Waals surface area (Å²) in [6.07, 6.45) is 3.12. The molecule has 4 aliphatic rings. The van der Waals surface area contributed by atoms with Gasteiger partial charge in [-0.2, -0.15) is 0 Å². The second-order valence-corrected chi connectivity index (χ2v) is 23.9. The summed E-state index contributed by atoms with van der Waals surface area (Å²) in [5.41, 5.74) is 32.5. The maximum Gasteiger partial charge on any atom is 0.159 e. The molecule has 0 unspecified atom stereocenters. The Kier molecular flexibility index (Phi) is 10.6. The van der Waals surface area contributed by atoms with Crippen LogP contribution in [-0.2, 0) is 25.7 Å². The summed E-state index contributed by atoms with van der Waals surface area (Å²) in [5, 5.41) is 4.42. The van der Waals surface area contributed by atoms with Crippen LogP contribution in [0.4, 0.5) is 68.2 Å². The van der Waals surface area contributed by atoms with Gasteiger partial charge in [-0.1, -0.05) is 194 Å². The van der Waals surface area contributed by atoms with Crippen molar-refractivity contribution < 1.29 is 8.83 Å². The Morgan fingerprint density at radius 3 is 1.14 bits per heavy atom. The minimum absolute atomic E-state index is 0.776. The van der Waals surface area contributed by atoms with Gasteiger partial charge in [0.15, 0.2) is 11.2 Å². The van der Waals surface area contributed by atoms with E-state index < -0.39 is 0 Å². The summed E-state index contributed by atoms with van der Waals surface area (Å²) in [6.45, 7) is 0. The normalized spacial score (nSPS) is 13.2. The highest BCUT2D eigenvalue weighted by atomic mass is 16.3. The van der Waals surface area contributed by atoms with Gasteiger partial charge in [0.2, 0.25) is 0 Å². The number of rotatable bonds is 8. The minimum Gasteiger partial charge on any atom is -0.454 e. The van der Waals surface area contributed by atoms with Crippen LogP contribution in [-0.4, -0.2) is 0 Å². The topological polar surface area (TPSA) is 39.2 Å². The van der Waals surface area contributed by atoms with E-state index in [2.05, 4.69) is 299 Å². The van der Waals surface area contributed by atoms with Crippen molar-refractivity contribution in [3.05, 3.63) is 324 Å². The third-order valence-corrected chi connectivity index (χ3v) is 19.0. The zero-order valence-corrected chi connectivity index (χ0v) is 48.0. The van der Waals surface area contributed by atoms with E-state index in [-0.39, 0.29) is 0 Å². The molecule has 0 amide bonds. The molecule has 6 heteroatoms. The van der Waals surface area contributed by atoms with Gasteiger partial charge in [-0.3, -0.25) is 0 Å². The largest absolute Gasteiger partial charge is 0.454 e. The van der Waals surface area contributed by atoms with Gasteiger partial charge in [0, 0.05) is 81.1 Å². The first-order valence-corrected chi connectivity index (χ1v) is 30.6. The molecule has 13 aromatic carbocycles. The highest BCUT2D eigenvalue weighted by Crippen LogP contribution is 2.60. The zero-order valence-electron chi connectivity index (χ0n) is 48.0. The van der Waals surface area contributed by atoms with Gasteiger partial charge in [0.05, 0.1) is 45.5 Å². The predicted octanol–water partition coefficient (Wildman–Crippen LogP) is 22.3. The molecule has 0 fully saturated rings. The van der Waals surface area contributed by atoms with Crippen LogP contribution in [0, 0.1) is 0 Å². The van der Waals surface area contributed by atoms with E-state index in [0.717, 1.165) is 115 Å². The molecule has 0 atom stereocenters. The lowest BCUT2D eigenvalue weighted by atomic mass is 9.81. The van der Waals surface area contributed by atoms with Crippen LogP contribution in [0.15, 0.2) is 288 Å². The van der Waals surface area contributed by atoms with Crippen LogP contribution >= 0.6 is 0 Å². The van der Waals surface area contributed by atoms with E-state index in [9.17, 15) is 0 Å². The molecule has 2 aromatic heterocycles. The summed E-state index contributed by atoms with van der Waals surface area (Å²) in [5.74, 6) is 0. The summed E-state index contributed by atoms with van der Waals surface area (Å²) < 4.78 is 13.8. The Labute approximate surface area is 509 Å². The van der Waals surface area contributed by atoms with Crippen molar-refractivity contribution in [2.75, 3.05) is 19.6 Å². The first-order valence-electron chi connectivity index (χ1n) is 30.6. The predicted molar refractivity (Wildman–Crippen MR) is 362 cm³/mol. The quantitative estimate of drug-likeness (QED) is 0.151. The number of nitrogens with zero attached hydrogens (tertiary/aromatic N) is 4. The van der Waals surface area contributed by atoms with Gasteiger partial charge in [-0.25, -0.2) is 0 Å². The van der Waals surface area contributed by atoms with Crippen molar-refractivity contribution in [1.29, 1.82) is 0 Å². The lowest BCUT2D eigenvalue weighted by Gasteiger charge is -2.44. The molecule has 0 saturated heterocycles. The fraction of sp³-hybridized carbons (Fsp3) is 0.0488. The molecule has 6 nitrogen and oxygen atoms in total. The molecule has 0 aliphatic carbocycles. The van der Waals surface area contributed by atoms with Crippen molar-refractivity contribution in [3.63, 3.8) is 0 Å². The van der Waals surface area contributed by atoms with Crippen molar-refractivity contribution in [2.45, 2.75) is 25.7 Å². The van der Waals surface area contributed by atoms with E-state index in [0.29, 0.717) is 0 Å². The third kappa shape index (κ3) is 7.36. The van der Waals surface area contributed by atoms with E-state index in [1.54, 1.807) is 0 Å². The van der Waals surface area contributed by atoms with Crippen LogP contribution in [0.25, 0.3) is 66.1 Å². The van der Waals surface area contributed by atoms with Crippen LogP contribution in [0.1, 0.15) is 44.5 Å². The molecule has 0 spiro atoms. The van der Waals surface area contributed by atoms with E-state index >= 15 is 0 Å². The number of furan rings is 2. The maximum atomic E-state index is 6.92. The highest BCUT2D eigenvalue weighted by molar-refractivity contribution is 6.12. The molecule has 4 aliphatic heterocycles. The third-order valence-electron chi connectivity index (χ3n) is 19.0. The zero-order chi connectivity index (χ0) is 57.6. The molecule has 414 valence electrons. The number of hydrogen-bond acceptors (Lipinski definition) is 6. The second-order valence-electron chi connectivity index (χ2n) is 23.9. The summed E-state index contributed by atoms with van der Waals surface area (Å²) in [7, 11) is 0. The average Bonchev–Trinajstić information content (AvgIpc) is 1.01. The van der Waals surface area contributed by atoms with E-state index in [1.807, 2.05) is 0 Å². The van der Waals surface area contributed by atoms with Crippen molar-refractivity contribution in [1.82, 2.24) is 0 Å². The fourth-order valence-electron chi connectivity index (χ4n) is 15.2. The van der Waals surface area contributed by atoms with E-state index in [4.69, 9.17) is 8.83 Å². The van der Waals surface area contributed by atoms with Crippen LogP contribution in [0.5, 0.6) is 0 Å². The van der Waals surface area contributed by atoms with Gasteiger partial charge in [-0.05, 0) is 141 Å². The summed E-state index contributed by atoms with van der Waals surface area (Å²) >= 11 is 0. The number of benzene rings is 13. The Bertz CT molecular complexity index is 5050. The summed E-state index contributed by atoms with van der Waals surface area (Å²) in [4.78, 5) is 10.2. The maximum absolute atomic E-state index is 6.92. The molecule has 0 bridgehead atoms. The highest BCUT2D eigenvalue weighted by Gasteiger charge is 2.40. The lowest BCUT2D eigenvalue weighted by molar-refractivity contribution is 0.668. The Morgan fingerprint density at radius 2 is 0.659 bits per heavy atom. The number of anilines is 12. The Balaban J connectivity index is 0.791. The van der Waals surface area contributed by atoms with Crippen molar-refractivity contribution in [2.24, 2.45) is 0 Å². The molecule has 6 heterocycles. The molecular formula is C82H54N4O2. The first-order chi connectivity index (χ1) is 43.6. The number of fused-ring (bicyclic) bond motifs is 14. The molecule has 0 saturated carbocycles. The van der Waals surface area contributed by atoms with Gasteiger partial charge in [-0.15, -0.1) is 0 Å². The second kappa shape index (κ2) is 19.1. The molecule has 88 heavy (non-hydrogen) atoms. The SMILES string of the molecule is c1ccc(-c2cccc(N(c3ccc4c5c3Cc3ccccc3N5c3cc5c(cc3C4)N3c4ccccc4Cc4c(N(c6cccc(-c7ccccc7)c6)c6cccc7c6oc6ccccc67)ccc(c43)C5)c3cccc4c3oc3ccccc34)c2)cc1. The van der Waals surface area contributed by atoms with Gasteiger partial charge in [0.25, 0.3) is 0 Å². The Morgan fingerprint density at radius 1 is 0.261 bits per heavy atom. The molecule has 19 rings (SSSR count). The number of para-hydroxylation sites is 6. The van der Waals surface area contributed by atoms with Crippen molar-refractivity contribution in [3.8, 4) is 22.3 Å². The van der Waals surface area contributed by atoms with Crippen LogP contribution in [0.3, 0.4) is 0 Å². The van der Waals surface area contributed by atoms with Crippen LogP contribution < -0.4 is 19.6 Å². The minimum atomic E-state index is 0.776. The first kappa shape index (κ1) is 49.0. The van der Waals surface area contributed by atoms with E-state index in [1.165, 1.54) is 89.8 Å². The van der Waals surface area contributed by atoms with Gasteiger partial charge < -0.3 is 28.4 Å². The van der Waals surface area contributed by atoms with Gasteiger partial charge in [0.1, 0.15) is 11.2 Å². The molecule has 15 aromatic rings. The molecule has 0 radical (unpaired) electrons. The standard InChI is InChI=1S/C82H54N4O2/c1-3-19-51(20-4-1)53-25-15-27-61(45-53)83(73-35-17-31-65-63-29-9-13-37-77(63)87-81(65)73)71-41-39-57-43-59-50-76-60(49-75(59)85-69-33-11-7-23-55(69)47-67(71)79(57)85)44-58-40-42-72(68-48-56-24-8-12-34-70(56)86(76)80(58)68)84(62-28-16-26-54(46-62)52-21-5-2-6-22-52)74-36-18-32-66-64-30-10-14-38-78(64)88-82(66)74/h1-42,45-46,49-50H,43-44,47-48H2. The fourth-order valence-corrected chi connectivity index (χ4v) is 15.2. The van der Waals surface area contributed by atoms with Crippen molar-refractivity contribution >= 4 is 112 Å². The average molecular weight is 1130 g/mol. The lowest BCUT2D eigenvalue weighted by Crippen LogP contribution is -2.29. The van der Waals surface area contributed by atoms with Gasteiger partial charge >= 0.3 is 0 Å². The van der Waals surface area contributed by atoms with Crippen LogP contribution in [0.2, 0.25) is 0 Å². The number of hydrogen-bond donors (Lipinski definition) is 0. The molecular weight excluding hydrogens is 1070 g/mol. The molecule has 0 N–H and O–H groups in total. The Hall–Kier alpha value is -11.3. The summed E-state index contributed by atoms with van der Waals surface area (Å²) in [6, 6.07) is 102. The smallest absolute Gasteiger partial charge is 0.159 e.